The van der Waals surface area contributed by atoms with E-state index in [-0.39, 0.29) is 12.5 Å². The van der Waals surface area contributed by atoms with Gasteiger partial charge in [-0.05, 0) is 74.9 Å². The molecule has 2 amide bonds. The molecule has 2 aliphatic heterocycles. The van der Waals surface area contributed by atoms with Crippen LogP contribution in [0.5, 0.6) is 0 Å². The molecule has 0 bridgehead atoms. The second-order valence-electron chi connectivity index (χ2n) is 10.4. The first kappa shape index (κ1) is 25.8. The number of aromatic nitrogens is 3. The summed E-state index contributed by atoms with van der Waals surface area (Å²) in [5.41, 5.74) is 4.08. The van der Waals surface area contributed by atoms with Gasteiger partial charge in [0.15, 0.2) is 0 Å². The van der Waals surface area contributed by atoms with Gasteiger partial charge in [-0.3, -0.25) is 19.6 Å². The van der Waals surface area contributed by atoms with Crippen LogP contribution in [0.15, 0.2) is 79.3 Å². The SMILES string of the molecule is CN1CCC(c2ccc(-c3cnc4c(c3)C(=O)N(C(C(=O)Nc3ccccn3)c3cccc(F)c3)C4)cn2)CC1. The lowest BCUT2D eigenvalue weighted by atomic mass is 9.93. The van der Waals surface area contributed by atoms with Crippen molar-refractivity contribution in [2.75, 3.05) is 25.5 Å². The van der Waals surface area contributed by atoms with Gasteiger partial charge in [0.25, 0.3) is 11.8 Å². The molecule has 1 saturated heterocycles. The van der Waals surface area contributed by atoms with Gasteiger partial charge in [-0.15, -0.1) is 0 Å². The Labute approximate surface area is 231 Å². The third-order valence-corrected chi connectivity index (χ3v) is 7.68. The normalized spacial score (nSPS) is 16.6. The quantitative estimate of drug-likeness (QED) is 0.380. The van der Waals surface area contributed by atoms with E-state index in [1.165, 1.54) is 23.1 Å². The summed E-state index contributed by atoms with van der Waals surface area (Å²) in [6.45, 7) is 2.26. The fraction of sp³-hybridized carbons (Fsp3) is 0.258. The lowest BCUT2D eigenvalue weighted by Gasteiger charge is -2.28. The van der Waals surface area contributed by atoms with Crippen LogP contribution < -0.4 is 5.32 Å². The third-order valence-electron chi connectivity index (χ3n) is 7.68. The van der Waals surface area contributed by atoms with Crippen LogP contribution in [-0.4, -0.2) is 56.7 Å². The Hall–Kier alpha value is -4.50. The maximum Gasteiger partial charge on any atom is 0.257 e. The second kappa shape index (κ2) is 10.9. The van der Waals surface area contributed by atoms with E-state index in [9.17, 15) is 14.0 Å². The van der Waals surface area contributed by atoms with Gasteiger partial charge in [-0.25, -0.2) is 9.37 Å². The Morgan fingerprint density at radius 2 is 1.80 bits per heavy atom. The molecule has 0 aliphatic carbocycles. The second-order valence-corrected chi connectivity index (χ2v) is 10.4. The lowest BCUT2D eigenvalue weighted by Crippen LogP contribution is -2.37. The van der Waals surface area contributed by atoms with Crippen molar-refractivity contribution in [3.05, 3.63) is 108 Å². The number of piperidine rings is 1. The number of rotatable bonds is 6. The molecule has 0 radical (unpaired) electrons. The number of fused-ring (bicyclic) bond motifs is 1. The van der Waals surface area contributed by atoms with Gasteiger partial charge in [0, 0.05) is 41.3 Å². The van der Waals surface area contributed by atoms with Gasteiger partial charge in [0.2, 0.25) is 0 Å². The standard InChI is InChI=1S/C31H29FN6O2/c1-37-13-10-20(11-14-37)26-9-8-22(17-34-26)23-16-25-27(35-18-23)19-38(31(25)40)29(21-5-4-6-24(32)15-21)30(39)36-28-7-2-3-12-33-28/h2-9,12,15-18,20,29H,10-11,13-14,19H2,1H3,(H,33,36,39). The summed E-state index contributed by atoms with van der Waals surface area (Å²) in [5, 5.41) is 2.76. The van der Waals surface area contributed by atoms with Crippen LogP contribution in [0.1, 0.15) is 52.1 Å². The highest BCUT2D eigenvalue weighted by Gasteiger charge is 2.38. The number of amides is 2. The Kier molecular flexibility index (Phi) is 7.04. The predicted molar refractivity (Wildman–Crippen MR) is 149 cm³/mol. The van der Waals surface area contributed by atoms with Gasteiger partial charge in [0.1, 0.15) is 17.7 Å². The summed E-state index contributed by atoms with van der Waals surface area (Å²) < 4.78 is 14.2. The van der Waals surface area contributed by atoms with Crippen molar-refractivity contribution in [1.29, 1.82) is 0 Å². The number of likely N-dealkylation sites (tertiary alicyclic amines) is 1. The zero-order valence-electron chi connectivity index (χ0n) is 22.1. The van der Waals surface area contributed by atoms with E-state index in [0.717, 1.165) is 42.8 Å². The van der Waals surface area contributed by atoms with Crippen molar-refractivity contribution in [2.45, 2.75) is 31.3 Å². The minimum Gasteiger partial charge on any atom is -0.316 e. The van der Waals surface area contributed by atoms with Crippen LogP contribution in [0.3, 0.4) is 0 Å². The molecule has 1 fully saturated rings. The first-order valence-electron chi connectivity index (χ1n) is 13.4. The summed E-state index contributed by atoms with van der Waals surface area (Å²) in [5.74, 6) is -0.524. The molecule has 5 heterocycles. The van der Waals surface area contributed by atoms with E-state index in [0.29, 0.717) is 28.6 Å². The Morgan fingerprint density at radius 1 is 0.975 bits per heavy atom. The Bertz CT molecular complexity index is 1540. The number of hydrogen-bond donors (Lipinski definition) is 1. The van der Waals surface area contributed by atoms with Gasteiger partial charge in [0.05, 0.1) is 17.8 Å². The number of hydrogen-bond acceptors (Lipinski definition) is 6. The maximum atomic E-state index is 14.2. The molecule has 2 aliphatic rings. The van der Waals surface area contributed by atoms with Crippen molar-refractivity contribution in [1.82, 2.24) is 24.8 Å². The minimum absolute atomic E-state index is 0.124. The minimum atomic E-state index is -1.07. The van der Waals surface area contributed by atoms with Crippen molar-refractivity contribution in [3.8, 4) is 11.1 Å². The molecule has 1 N–H and O–H groups in total. The number of benzene rings is 1. The Morgan fingerprint density at radius 3 is 2.52 bits per heavy atom. The van der Waals surface area contributed by atoms with Crippen molar-refractivity contribution in [2.24, 2.45) is 0 Å². The molecule has 202 valence electrons. The third kappa shape index (κ3) is 5.20. The first-order valence-corrected chi connectivity index (χ1v) is 13.4. The summed E-state index contributed by atoms with van der Waals surface area (Å²) >= 11 is 0. The number of nitrogens with zero attached hydrogens (tertiary/aromatic N) is 5. The molecular weight excluding hydrogens is 507 g/mol. The van der Waals surface area contributed by atoms with Crippen molar-refractivity contribution in [3.63, 3.8) is 0 Å². The van der Waals surface area contributed by atoms with Crippen LogP contribution in [0.2, 0.25) is 0 Å². The Balaban J connectivity index is 1.26. The molecule has 0 saturated carbocycles. The molecule has 3 aromatic heterocycles. The van der Waals surface area contributed by atoms with E-state index in [4.69, 9.17) is 4.98 Å². The molecule has 8 nitrogen and oxygen atoms in total. The van der Waals surface area contributed by atoms with E-state index < -0.39 is 17.8 Å². The van der Waals surface area contributed by atoms with Crippen molar-refractivity contribution < 1.29 is 14.0 Å². The monoisotopic (exact) mass is 536 g/mol. The number of carbonyl (C=O) groups excluding carboxylic acids is 2. The summed E-state index contributed by atoms with van der Waals surface area (Å²) in [6.07, 6.45) is 7.31. The van der Waals surface area contributed by atoms with E-state index >= 15 is 0 Å². The molecule has 1 unspecified atom stereocenters. The summed E-state index contributed by atoms with van der Waals surface area (Å²) in [7, 11) is 2.14. The van der Waals surface area contributed by atoms with E-state index in [1.807, 2.05) is 12.3 Å². The van der Waals surface area contributed by atoms with Crippen LogP contribution in [0, 0.1) is 5.82 Å². The van der Waals surface area contributed by atoms with Crippen LogP contribution in [0.4, 0.5) is 10.2 Å². The van der Waals surface area contributed by atoms with Gasteiger partial charge in [-0.2, -0.15) is 0 Å². The maximum absolute atomic E-state index is 14.2. The average Bonchev–Trinajstić information content (AvgIpc) is 3.29. The first-order chi connectivity index (χ1) is 19.5. The molecule has 40 heavy (non-hydrogen) atoms. The summed E-state index contributed by atoms with van der Waals surface area (Å²) in [6, 6.07) is 15.7. The van der Waals surface area contributed by atoms with E-state index in [2.05, 4.69) is 33.3 Å². The zero-order chi connectivity index (χ0) is 27.6. The van der Waals surface area contributed by atoms with Crippen LogP contribution >= 0.6 is 0 Å². The number of halogens is 1. The zero-order valence-corrected chi connectivity index (χ0v) is 22.1. The van der Waals surface area contributed by atoms with Crippen molar-refractivity contribution >= 4 is 17.6 Å². The average molecular weight is 537 g/mol. The number of nitrogens with one attached hydrogen (secondary N) is 1. The van der Waals surface area contributed by atoms with Crippen LogP contribution in [-0.2, 0) is 11.3 Å². The topological polar surface area (TPSA) is 91.3 Å². The summed E-state index contributed by atoms with van der Waals surface area (Å²) in [4.78, 5) is 44.4. The lowest BCUT2D eigenvalue weighted by molar-refractivity contribution is -0.120. The molecule has 1 aromatic carbocycles. The number of anilines is 1. The highest BCUT2D eigenvalue weighted by atomic mass is 19.1. The predicted octanol–water partition coefficient (Wildman–Crippen LogP) is 4.82. The fourth-order valence-corrected chi connectivity index (χ4v) is 5.46. The van der Waals surface area contributed by atoms with Gasteiger partial charge >= 0.3 is 0 Å². The smallest absolute Gasteiger partial charge is 0.257 e. The highest BCUT2D eigenvalue weighted by molar-refractivity contribution is 6.04. The molecule has 0 spiro atoms. The fourth-order valence-electron chi connectivity index (χ4n) is 5.46. The van der Waals surface area contributed by atoms with Crippen LogP contribution in [0.25, 0.3) is 11.1 Å². The number of pyridine rings is 3. The highest BCUT2D eigenvalue weighted by Crippen LogP contribution is 2.34. The molecule has 1 atom stereocenters. The molecule has 9 heteroatoms. The molecule has 6 rings (SSSR count). The van der Waals surface area contributed by atoms with Gasteiger partial charge in [-0.1, -0.05) is 24.3 Å². The molecular formula is C31H29FN6O2. The molecule has 4 aromatic rings. The van der Waals surface area contributed by atoms with Gasteiger partial charge < -0.3 is 15.1 Å². The van der Waals surface area contributed by atoms with E-state index in [1.54, 1.807) is 42.7 Å². The largest absolute Gasteiger partial charge is 0.316 e. The number of carbonyl (C=O) groups is 2.